The van der Waals surface area contributed by atoms with Crippen LogP contribution in [0.4, 0.5) is 11.5 Å². The SMILES string of the molecule is CC(C)(C)c1cccc(-c2cc(Nc3ccccc3)ncn2)c1. The van der Waals surface area contributed by atoms with Crippen LogP contribution >= 0.6 is 0 Å². The van der Waals surface area contributed by atoms with E-state index in [2.05, 4.69) is 60.3 Å². The number of para-hydroxylation sites is 1. The number of anilines is 2. The van der Waals surface area contributed by atoms with E-state index >= 15 is 0 Å². The lowest BCUT2D eigenvalue weighted by atomic mass is 9.86. The minimum absolute atomic E-state index is 0.119. The second-order valence-corrected chi connectivity index (χ2v) is 6.61. The van der Waals surface area contributed by atoms with Gasteiger partial charge in [0.2, 0.25) is 0 Å². The molecule has 0 bridgehead atoms. The number of hydrogen-bond acceptors (Lipinski definition) is 3. The smallest absolute Gasteiger partial charge is 0.134 e. The maximum atomic E-state index is 4.42. The minimum atomic E-state index is 0.119. The Hall–Kier alpha value is -2.68. The van der Waals surface area contributed by atoms with Crippen molar-refractivity contribution in [1.29, 1.82) is 0 Å². The molecule has 3 aromatic rings. The van der Waals surface area contributed by atoms with Gasteiger partial charge in [0.25, 0.3) is 0 Å². The maximum Gasteiger partial charge on any atom is 0.134 e. The molecule has 0 spiro atoms. The van der Waals surface area contributed by atoms with Crippen LogP contribution in [0.3, 0.4) is 0 Å². The fraction of sp³-hybridized carbons (Fsp3) is 0.200. The van der Waals surface area contributed by atoms with Gasteiger partial charge < -0.3 is 5.32 Å². The maximum absolute atomic E-state index is 4.42. The molecule has 1 N–H and O–H groups in total. The summed E-state index contributed by atoms with van der Waals surface area (Å²) < 4.78 is 0. The summed E-state index contributed by atoms with van der Waals surface area (Å²) in [6, 6.07) is 20.5. The quantitative estimate of drug-likeness (QED) is 0.724. The van der Waals surface area contributed by atoms with E-state index < -0.39 is 0 Å². The summed E-state index contributed by atoms with van der Waals surface area (Å²) in [6.07, 6.45) is 1.60. The molecule has 0 aliphatic carbocycles. The summed E-state index contributed by atoms with van der Waals surface area (Å²) in [5.41, 5.74) is 4.46. The van der Waals surface area contributed by atoms with E-state index in [0.29, 0.717) is 0 Å². The molecule has 0 unspecified atom stereocenters. The monoisotopic (exact) mass is 303 g/mol. The summed E-state index contributed by atoms with van der Waals surface area (Å²) in [6.45, 7) is 6.65. The zero-order valence-electron chi connectivity index (χ0n) is 13.7. The van der Waals surface area contributed by atoms with Crippen LogP contribution in [0, 0.1) is 0 Å². The highest BCUT2D eigenvalue weighted by molar-refractivity contribution is 5.66. The van der Waals surface area contributed by atoms with Gasteiger partial charge in [-0.05, 0) is 29.2 Å². The van der Waals surface area contributed by atoms with Crippen LogP contribution < -0.4 is 5.32 Å². The molecule has 116 valence electrons. The topological polar surface area (TPSA) is 37.8 Å². The number of nitrogens with zero attached hydrogens (tertiary/aromatic N) is 2. The van der Waals surface area contributed by atoms with Crippen molar-refractivity contribution in [3.63, 3.8) is 0 Å². The van der Waals surface area contributed by atoms with Crippen LogP contribution in [0.2, 0.25) is 0 Å². The van der Waals surface area contributed by atoms with E-state index in [1.54, 1.807) is 6.33 Å². The molecule has 0 atom stereocenters. The summed E-state index contributed by atoms with van der Waals surface area (Å²) in [5.74, 6) is 0.794. The number of nitrogens with one attached hydrogen (secondary N) is 1. The number of rotatable bonds is 3. The van der Waals surface area contributed by atoms with E-state index in [4.69, 9.17) is 0 Å². The molecule has 0 fully saturated rings. The first-order valence-electron chi connectivity index (χ1n) is 7.77. The van der Waals surface area contributed by atoms with Crippen LogP contribution in [0.5, 0.6) is 0 Å². The third kappa shape index (κ3) is 3.75. The van der Waals surface area contributed by atoms with Crippen molar-refractivity contribution in [2.24, 2.45) is 0 Å². The predicted octanol–water partition coefficient (Wildman–Crippen LogP) is 5.18. The first-order chi connectivity index (χ1) is 11.0. The Kier molecular flexibility index (Phi) is 4.11. The summed E-state index contributed by atoms with van der Waals surface area (Å²) in [7, 11) is 0. The first-order valence-corrected chi connectivity index (χ1v) is 7.77. The van der Waals surface area contributed by atoms with E-state index in [9.17, 15) is 0 Å². The van der Waals surface area contributed by atoms with Gasteiger partial charge in [0.15, 0.2) is 0 Å². The van der Waals surface area contributed by atoms with Gasteiger partial charge in [0, 0.05) is 17.3 Å². The average Bonchev–Trinajstić information content (AvgIpc) is 2.55. The van der Waals surface area contributed by atoms with Gasteiger partial charge in [-0.2, -0.15) is 0 Å². The van der Waals surface area contributed by atoms with Crippen LogP contribution in [-0.2, 0) is 5.41 Å². The van der Waals surface area contributed by atoms with E-state index in [1.165, 1.54) is 5.56 Å². The molecule has 3 rings (SSSR count). The summed E-state index contributed by atoms with van der Waals surface area (Å²) in [4.78, 5) is 8.73. The molecule has 0 saturated carbocycles. The van der Waals surface area contributed by atoms with Gasteiger partial charge in [0.05, 0.1) is 5.69 Å². The predicted molar refractivity (Wildman–Crippen MR) is 95.9 cm³/mol. The first kappa shape index (κ1) is 15.2. The van der Waals surface area contributed by atoms with Gasteiger partial charge in [-0.1, -0.05) is 57.2 Å². The fourth-order valence-corrected chi connectivity index (χ4v) is 2.40. The van der Waals surface area contributed by atoms with Crippen molar-refractivity contribution in [2.45, 2.75) is 26.2 Å². The molecule has 3 nitrogen and oxygen atoms in total. The number of hydrogen-bond donors (Lipinski definition) is 1. The average molecular weight is 303 g/mol. The third-order valence-electron chi connectivity index (χ3n) is 3.74. The number of aromatic nitrogens is 2. The highest BCUT2D eigenvalue weighted by atomic mass is 15.0. The van der Waals surface area contributed by atoms with Crippen molar-refractivity contribution in [1.82, 2.24) is 9.97 Å². The van der Waals surface area contributed by atoms with E-state index in [0.717, 1.165) is 22.8 Å². The van der Waals surface area contributed by atoms with Crippen molar-refractivity contribution in [3.05, 3.63) is 72.6 Å². The largest absolute Gasteiger partial charge is 0.340 e. The van der Waals surface area contributed by atoms with Gasteiger partial charge >= 0.3 is 0 Å². The Morgan fingerprint density at radius 3 is 2.35 bits per heavy atom. The molecule has 3 heteroatoms. The Bertz CT molecular complexity index is 789. The lowest BCUT2D eigenvalue weighted by Crippen LogP contribution is -2.10. The van der Waals surface area contributed by atoms with E-state index in [1.807, 2.05) is 36.4 Å². The molecule has 0 aliphatic heterocycles. The number of benzene rings is 2. The van der Waals surface area contributed by atoms with Crippen molar-refractivity contribution < 1.29 is 0 Å². The van der Waals surface area contributed by atoms with Crippen LogP contribution in [0.1, 0.15) is 26.3 Å². The van der Waals surface area contributed by atoms with Gasteiger partial charge in [-0.15, -0.1) is 0 Å². The minimum Gasteiger partial charge on any atom is -0.340 e. The molecule has 23 heavy (non-hydrogen) atoms. The second kappa shape index (κ2) is 6.21. The van der Waals surface area contributed by atoms with E-state index in [-0.39, 0.29) is 5.41 Å². The summed E-state index contributed by atoms with van der Waals surface area (Å²) >= 11 is 0. The molecular weight excluding hydrogens is 282 g/mol. The highest BCUT2D eigenvalue weighted by Gasteiger charge is 2.14. The highest BCUT2D eigenvalue weighted by Crippen LogP contribution is 2.27. The lowest BCUT2D eigenvalue weighted by Gasteiger charge is -2.19. The van der Waals surface area contributed by atoms with Crippen LogP contribution in [0.15, 0.2) is 67.0 Å². The molecule has 2 aromatic carbocycles. The van der Waals surface area contributed by atoms with Crippen molar-refractivity contribution in [2.75, 3.05) is 5.32 Å². The molecule has 0 saturated heterocycles. The van der Waals surface area contributed by atoms with Crippen molar-refractivity contribution >= 4 is 11.5 Å². The van der Waals surface area contributed by atoms with Crippen LogP contribution in [-0.4, -0.2) is 9.97 Å². The molecule has 1 aromatic heterocycles. The second-order valence-electron chi connectivity index (χ2n) is 6.61. The van der Waals surface area contributed by atoms with Crippen LogP contribution in [0.25, 0.3) is 11.3 Å². The lowest BCUT2D eigenvalue weighted by molar-refractivity contribution is 0.590. The standard InChI is InChI=1S/C20H21N3/c1-20(2,3)16-9-7-8-15(12-16)18-13-19(22-14-21-18)23-17-10-5-4-6-11-17/h4-14H,1-3H3,(H,21,22,23). The fourth-order valence-electron chi connectivity index (χ4n) is 2.40. The molecule has 0 aliphatic rings. The molecule has 1 heterocycles. The Balaban J connectivity index is 1.91. The molecule has 0 radical (unpaired) electrons. The molecular formula is C20H21N3. The Labute approximate surface area is 137 Å². The summed E-state index contributed by atoms with van der Waals surface area (Å²) in [5, 5.41) is 3.31. The molecule has 0 amide bonds. The van der Waals surface area contributed by atoms with Gasteiger partial charge in [-0.3, -0.25) is 0 Å². The normalized spacial score (nSPS) is 11.3. The van der Waals surface area contributed by atoms with Gasteiger partial charge in [0.1, 0.15) is 12.1 Å². The Morgan fingerprint density at radius 2 is 1.61 bits per heavy atom. The Morgan fingerprint density at radius 1 is 0.826 bits per heavy atom. The zero-order chi connectivity index (χ0) is 16.3. The zero-order valence-corrected chi connectivity index (χ0v) is 13.7. The third-order valence-corrected chi connectivity index (χ3v) is 3.74. The van der Waals surface area contributed by atoms with Crippen molar-refractivity contribution in [3.8, 4) is 11.3 Å². The van der Waals surface area contributed by atoms with Gasteiger partial charge in [-0.25, -0.2) is 9.97 Å².